The summed E-state index contributed by atoms with van der Waals surface area (Å²) in [7, 11) is 0. The van der Waals surface area contributed by atoms with E-state index >= 15 is 0 Å². The van der Waals surface area contributed by atoms with Gasteiger partial charge in [0.25, 0.3) is 0 Å². The van der Waals surface area contributed by atoms with Crippen molar-refractivity contribution < 1.29 is 4.19 Å². The van der Waals surface area contributed by atoms with Gasteiger partial charge in [-0.15, -0.1) is 0 Å². The molecule has 0 aliphatic carbocycles. The minimum atomic E-state index is -0.0757. The predicted molar refractivity (Wildman–Crippen MR) is 36.9 cm³/mol. The first kappa shape index (κ1) is 8.48. The number of unbranched alkanes of at least 4 members (excludes halogenated alkanes) is 3. The van der Waals surface area contributed by atoms with Crippen LogP contribution in [0.25, 0.3) is 0 Å². The molecule has 0 saturated carbocycles. The van der Waals surface area contributed by atoms with E-state index in [9.17, 15) is 0 Å². The van der Waals surface area contributed by atoms with Crippen LogP contribution in [0.3, 0.4) is 0 Å². The fraction of sp³-hybridized carbons (Fsp3) is 1.00. The maximum absolute atomic E-state index is 8.43. The molecule has 0 aromatic heterocycles. The van der Waals surface area contributed by atoms with Gasteiger partial charge in [-0.05, 0) is 0 Å². The molecule has 0 unspecified atom stereocenters. The second-order valence-corrected chi connectivity index (χ2v) is 3.29. The molecule has 0 spiro atoms. The van der Waals surface area contributed by atoms with Gasteiger partial charge < -0.3 is 0 Å². The molecule has 0 aliphatic rings. The van der Waals surface area contributed by atoms with E-state index in [1.165, 1.54) is 25.7 Å². The van der Waals surface area contributed by atoms with Crippen LogP contribution in [-0.4, -0.2) is 19.5 Å². The van der Waals surface area contributed by atoms with Crippen LogP contribution in [0.1, 0.15) is 32.6 Å². The molecular formula is C6H14OSe. The van der Waals surface area contributed by atoms with Crippen molar-refractivity contribution in [1.29, 1.82) is 0 Å². The fourth-order valence-corrected chi connectivity index (χ4v) is 1.29. The molecule has 0 bridgehead atoms. The van der Waals surface area contributed by atoms with Gasteiger partial charge in [0.2, 0.25) is 0 Å². The molecule has 2 heteroatoms. The Kier molecular flexibility index (Phi) is 7.93. The summed E-state index contributed by atoms with van der Waals surface area (Å²) < 4.78 is 8.43. The van der Waals surface area contributed by atoms with Crippen LogP contribution in [0.5, 0.6) is 0 Å². The van der Waals surface area contributed by atoms with E-state index < -0.39 is 0 Å². The van der Waals surface area contributed by atoms with Crippen LogP contribution in [0.4, 0.5) is 0 Å². The molecule has 0 heterocycles. The molecule has 0 aromatic rings. The summed E-state index contributed by atoms with van der Waals surface area (Å²) in [5, 5.41) is 1.05. The summed E-state index contributed by atoms with van der Waals surface area (Å²) in [4.78, 5) is 0. The zero-order chi connectivity index (χ0) is 6.24. The van der Waals surface area contributed by atoms with Crippen molar-refractivity contribution in [2.24, 2.45) is 0 Å². The van der Waals surface area contributed by atoms with Crippen molar-refractivity contribution in [1.82, 2.24) is 0 Å². The second kappa shape index (κ2) is 7.48. The van der Waals surface area contributed by atoms with E-state index in [0.29, 0.717) is 0 Å². The molecule has 0 saturated heterocycles. The standard InChI is InChI=1S/C6H14OSe/c1-2-3-4-5-6-8-7/h7H,2-6H2,1H3. The van der Waals surface area contributed by atoms with Crippen molar-refractivity contribution in [3.05, 3.63) is 0 Å². The average molecular weight is 181 g/mol. The molecule has 0 radical (unpaired) electrons. The van der Waals surface area contributed by atoms with Crippen LogP contribution in [0.2, 0.25) is 5.32 Å². The SMILES string of the molecule is CCCCCC[Se]O. The van der Waals surface area contributed by atoms with Gasteiger partial charge in [-0.2, -0.15) is 0 Å². The Bertz CT molecular complexity index is 33.5. The fourth-order valence-electron chi connectivity index (χ4n) is 0.593. The summed E-state index contributed by atoms with van der Waals surface area (Å²) in [5.74, 6) is 0. The summed E-state index contributed by atoms with van der Waals surface area (Å²) in [6, 6.07) is 0. The molecule has 0 aliphatic heterocycles. The van der Waals surface area contributed by atoms with Crippen molar-refractivity contribution in [3.63, 3.8) is 0 Å². The van der Waals surface area contributed by atoms with Gasteiger partial charge in [0.05, 0.1) is 0 Å². The summed E-state index contributed by atoms with van der Waals surface area (Å²) in [5.41, 5.74) is 0. The Morgan fingerprint density at radius 2 is 2.00 bits per heavy atom. The molecule has 1 nitrogen and oxygen atoms in total. The van der Waals surface area contributed by atoms with Crippen LogP contribution in [0, 0.1) is 0 Å². The van der Waals surface area contributed by atoms with Crippen LogP contribution < -0.4 is 0 Å². The van der Waals surface area contributed by atoms with E-state index in [2.05, 4.69) is 6.92 Å². The van der Waals surface area contributed by atoms with Gasteiger partial charge in [-0.3, -0.25) is 0 Å². The Morgan fingerprint density at radius 1 is 1.25 bits per heavy atom. The Labute approximate surface area is 58.0 Å². The molecule has 0 rings (SSSR count). The summed E-state index contributed by atoms with van der Waals surface area (Å²) in [6.07, 6.45) is 5.15. The third-order valence-corrected chi connectivity index (χ3v) is 2.08. The van der Waals surface area contributed by atoms with Crippen LogP contribution in [-0.2, 0) is 0 Å². The van der Waals surface area contributed by atoms with Gasteiger partial charge in [0.15, 0.2) is 0 Å². The third-order valence-electron chi connectivity index (χ3n) is 1.09. The zero-order valence-electron chi connectivity index (χ0n) is 5.39. The first-order valence-electron chi connectivity index (χ1n) is 3.18. The first-order chi connectivity index (χ1) is 3.91. The second-order valence-electron chi connectivity index (χ2n) is 1.89. The third kappa shape index (κ3) is 6.48. The van der Waals surface area contributed by atoms with Crippen molar-refractivity contribution >= 4 is 15.3 Å². The number of hydrogen-bond donors (Lipinski definition) is 1. The normalized spacial score (nSPS) is 9.75. The summed E-state index contributed by atoms with van der Waals surface area (Å²) in [6.45, 7) is 2.20. The van der Waals surface area contributed by atoms with E-state index in [-0.39, 0.29) is 15.3 Å². The monoisotopic (exact) mass is 182 g/mol. The molecule has 1 N–H and O–H groups in total. The molecule has 8 heavy (non-hydrogen) atoms. The van der Waals surface area contributed by atoms with Gasteiger partial charge in [-0.1, -0.05) is 0 Å². The number of hydrogen-bond acceptors (Lipinski definition) is 1. The Morgan fingerprint density at radius 3 is 2.50 bits per heavy atom. The molecule has 0 aromatic carbocycles. The minimum absolute atomic E-state index is 0.0757. The molecule has 0 fully saturated rings. The van der Waals surface area contributed by atoms with Crippen molar-refractivity contribution in [3.8, 4) is 0 Å². The van der Waals surface area contributed by atoms with Gasteiger partial charge in [-0.25, -0.2) is 0 Å². The van der Waals surface area contributed by atoms with Gasteiger partial charge in [0.1, 0.15) is 0 Å². The predicted octanol–water partition coefficient (Wildman–Crippen LogP) is 1.60. The molecule has 0 amide bonds. The summed E-state index contributed by atoms with van der Waals surface area (Å²) >= 11 is -0.0757. The topological polar surface area (TPSA) is 20.2 Å². The van der Waals surface area contributed by atoms with E-state index in [4.69, 9.17) is 4.19 Å². The first-order valence-corrected chi connectivity index (χ1v) is 5.16. The Balaban J connectivity index is 2.53. The van der Waals surface area contributed by atoms with E-state index in [1.807, 2.05) is 0 Å². The Hall–Kier alpha value is 0.479. The van der Waals surface area contributed by atoms with Gasteiger partial charge >= 0.3 is 57.4 Å². The van der Waals surface area contributed by atoms with Gasteiger partial charge in [0, 0.05) is 0 Å². The molecular weight excluding hydrogens is 167 g/mol. The van der Waals surface area contributed by atoms with Crippen molar-refractivity contribution in [2.75, 3.05) is 0 Å². The molecule has 50 valence electrons. The zero-order valence-corrected chi connectivity index (χ0v) is 7.10. The van der Waals surface area contributed by atoms with E-state index in [1.54, 1.807) is 0 Å². The van der Waals surface area contributed by atoms with Crippen molar-refractivity contribution in [2.45, 2.75) is 37.9 Å². The van der Waals surface area contributed by atoms with Crippen LogP contribution in [0.15, 0.2) is 0 Å². The average Bonchev–Trinajstić information content (AvgIpc) is 1.81. The van der Waals surface area contributed by atoms with E-state index in [0.717, 1.165) is 5.32 Å². The number of rotatable bonds is 5. The quantitative estimate of drug-likeness (QED) is 0.504. The molecule has 0 atom stereocenters. The maximum atomic E-state index is 8.43. The van der Waals surface area contributed by atoms with Crippen LogP contribution >= 0.6 is 0 Å².